The lowest BCUT2D eigenvalue weighted by atomic mass is 10.2. The first-order valence-corrected chi connectivity index (χ1v) is 10.9. The van der Waals surface area contributed by atoms with Gasteiger partial charge in [0.2, 0.25) is 11.8 Å². The van der Waals surface area contributed by atoms with Crippen molar-refractivity contribution in [2.75, 3.05) is 4.72 Å². The normalized spacial score (nSPS) is 11.9. The molecule has 2 heterocycles. The smallest absolute Gasteiger partial charge is 0.435 e. The summed E-state index contributed by atoms with van der Waals surface area (Å²) in [5.41, 5.74) is -1.15. The number of benzene rings is 2. The van der Waals surface area contributed by atoms with Crippen molar-refractivity contribution in [1.82, 2.24) is 19.7 Å². The Balaban J connectivity index is 1.78. The number of aromatic nitrogens is 4. The average molecular weight is 475 g/mol. The van der Waals surface area contributed by atoms with Crippen molar-refractivity contribution in [3.8, 4) is 23.0 Å². The lowest BCUT2D eigenvalue weighted by Crippen LogP contribution is -2.15. The van der Waals surface area contributed by atoms with Gasteiger partial charge in [0.05, 0.1) is 16.3 Å². The van der Waals surface area contributed by atoms with E-state index in [0.717, 1.165) is 10.7 Å². The van der Waals surface area contributed by atoms with E-state index in [1.807, 2.05) is 0 Å². The van der Waals surface area contributed by atoms with Crippen LogP contribution < -0.4 is 9.46 Å². The number of anilines is 1. The molecular weight excluding hydrogens is 459 g/mol. The molecular formula is C21H16F3N5O3S. The second kappa shape index (κ2) is 8.54. The summed E-state index contributed by atoms with van der Waals surface area (Å²) < 4.78 is 73.7. The standard InChI is InChI=1S/C21H16F3N5O3S/c1-29-17(13-18(27-29)21(22,23)24)16-12-19(32-14-8-4-2-5-9-14)26-20(25-16)28-33(30,31)15-10-6-3-7-11-15/h2-13H,1H3,(H,25,26,28). The Morgan fingerprint density at radius 2 is 1.58 bits per heavy atom. The maximum absolute atomic E-state index is 13.1. The highest BCUT2D eigenvalue weighted by Gasteiger charge is 2.35. The molecule has 0 radical (unpaired) electrons. The van der Waals surface area contributed by atoms with E-state index in [0.29, 0.717) is 5.75 Å². The number of aryl methyl sites for hydroxylation is 1. The quantitative estimate of drug-likeness (QED) is 0.441. The topological polar surface area (TPSA) is 99.0 Å². The molecule has 0 aliphatic rings. The maximum atomic E-state index is 13.1. The molecule has 0 spiro atoms. The SMILES string of the molecule is Cn1nc(C(F)(F)F)cc1-c1cc(Oc2ccccc2)nc(NS(=O)(=O)c2ccccc2)n1. The van der Waals surface area contributed by atoms with Crippen molar-refractivity contribution in [2.45, 2.75) is 11.1 Å². The predicted molar refractivity (Wildman–Crippen MR) is 113 cm³/mol. The van der Waals surface area contributed by atoms with Crippen molar-refractivity contribution in [3.05, 3.63) is 78.5 Å². The minimum atomic E-state index is -4.66. The first kappa shape index (κ1) is 22.3. The molecule has 0 saturated carbocycles. The second-order valence-electron chi connectivity index (χ2n) is 6.78. The lowest BCUT2D eigenvalue weighted by molar-refractivity contribution is -0.141. The van der Waals surface area contributed by atoms with Crippen LogP contribution in [-0.2, 0) is 23.2 Å². The Morgan fingerprint density at radius 3 is 2.18 bits per heavy atom. The Morgan fingerprint density at radius 1 is 0.939 bits per heavy atom. The van der Waals surface area contributed by atoms with Gasteiger partial charge in [0.15, 0.2) is 5.69 Å². The van der Waals surface area contributed by atoms with Gasteiger partial charge in [-0.3, -0.25) is 4.68 Å². The van der Waals surface area contributed by atoms with Crippen LogP contribution in [-0.4, -0.2) is 28.2 Å². The maximum Gasteiger partial charge on any atom is 0.435 e. The third-order valence-corrected chi connectivity index (χ3v) is 5.72. The monoisotopic (exact) mass is 475 g/mol. The van der Waals surface area contributed by atoms with E-state index in [9.17, 15) is 21.6 Å². The van der Waals surface area contributed by atoms with Crippen LogP contribution in [0.5, 0.6) is 11.6 Å². The molecule has 170 valence electrons. The number of para-hydroxylation sites is 1. The Kier molecular flexibility index (Phi) is 5.77. The van der Waals surface area contributed by atoms with E-state index in [1.165, 1.54) is 25.2 Å². The fraction of sp³-hybridized carbons (Fsp3) is 0.0952. The molecule has 1 N–H and O–H groups in total. The number of ether oxygens (including phenoxy) is 1. The summed E-state index contributed by atoms with van der Waals surface area (Å²) in [5, 5.41) is 3.48. The minimum absolute atomic E-state index is 0.0113. The molecule has 0 saturated heterocycles. The van der Waals surface area contributed by atoms with Gasteiger partial charge >= 0.3 is 6.18 Å². The molecule has 4 aromatic rings. The van der Waals surface area contributed by atoms with Crippen molar-refractivity contribution in [1.29, 1.82) is 0 Å². The zero-order valence-electron chi connectivity index (χ0n) is 17.0. The Bertz CT molecular complexity index is 1380. The zero-order valence-corrected chi connectivity index (χ0v) is 17.8. The molecule has 0 atom stereocenters. The summed E-state index contributed by atoms with van der Waals surface area (Å²) in [6.45, 7) is 0. The van der Waals surface area contributed by atoms with Gasteiger partial charge in [0, 0.05) is 13.1 Å². The van der Waals surface area contributed by atoms with Gasteiger partial charge in [-0.1, -0.05) is 36.4 Å². The minimum Gasteiger partial charge on any atom is -0.439 e. The number of nitrogens with one attached hydrogen (secondary N) is 1. The van der Waals surface area contributed by atoms with E-state index in [-0.39, 0.29) is 28.1 Å². The molecule has 0 aliphatic carbocycles. The van der Waals surface area contributed by atoms with Crippen LogP contribution in [0.4, 0.5) is 19.1 Å². The van der Waals surface area contributed by atoms with Crippen molar-refractivity contribution in [2.24, 2.45) is 7.05 Å². The Labute approximate surface area is 186 Å². The van der Waals surface area contributed by atoms with Crippen molar-refractivity contribution < 1.29 is 26.3 Å². The zero-order chi connectivity index (χ0) is 23.6. The molecule has 12 heteroatoms. The van der Waals surface area contributed by atoms with Gasteiger partial charge in [0.1, 0.15) is 5.75 Å². The summed E-state index contributed by atoms with van der Waals surface area (Å²) in [6, 6.07) is 18.1. The highest BCUT2D eigenvalue weighted by atomic mass is 32.2. The highest BCUT2D eigenvalue weighted by molar-refractivity contribution is 7.92. The number of halogens is 3. The van der Waals surface area contributed by atoms with Crippen LogP contribution in [0.15, 0.2) is 77.7 Å². The molecule has 2 aromatic heterocycles. The molecule has 2 aromatic carbocycles. The van der Waals surface area contributed by atoms with Crippen LogP contribution in [0.1, 0.15) is 5.69 Å². The lowest BCUT2D eigenvalue weighted by Gasteiger charge is -2.11. The summed E-state index contributed by atoms with van der Waals surface area (Å²) >= 11 is 0. The number of hydrogen-bond acceptors (Lipinski definition) is 6. The molecule has 4 rings (SSSR count). The number of rotatable bonds is 6. The van der Waals surface area contributed by atoms with Gasteiger partial charge in [-0.15, -0.1) is 0 Å². The first-order chi connectivity index (χ1) is 15.6. The summed E-state index contributed by atoms with van der Waals surface area (Å²) in [7, 11) is -2.75. The van der Waals surface area contributed by atoms with Crippen molar-refractivity contribution >= 4 is 16.0 Å². The molecule has 0 amide bonds. The fourth-order valence-corrected chi connectivity index (χ4v) is 3.85. The fourth-order valence-electron chi connectivity index (χ4n) is 2.89. The van der Waals surface area contributed by atoms with Crippen LogP contribution in [0.25, 0.3) is 11.4 Å². The molecule has 8 nitrogen and oxygen atoms in total. The number of hydrogen-bond donors (Lipinski definition) is 1. The molecule has 0 bridgehead atoms. The van der Waals surface area contributed by atoms with Gasteiger partial charge in [0.25, 0.3) is 10.0 Å². The van der Waals surface area contributed by atoms with Gasteiger partial charge in [-0.25, -0.2) is 18.1 Å². The number of sulfonamides is 1. The third kappa shape index (κ3) is 5.12. The number of alkyl halides is 3. The largest absolute Gasteiger partial charge is 0.439 e. The van der Waals surface area contributed by atoms with Gasteiger partial charge in [-0.05, 0) is 30.3 Å². The van der Waals surface area contributed by atoms with E-state index < -0.39 is 21.9 Å². The second-order valence-corrected chi connectivity index (χ2v) is 8.47. The van der Waals surface area contributed by atoms with E-state index >= 15 is 0 Å². The van der Waals surface area contributed by atoms with E-state index in [2.05, 4.69) is 19.8 Å². The summed E-state index contributed by atoms with van der Waals surface area (Å²) in [5.74, 6) is -0.0660. The van der Waals surface area contributed by atoms with Crippen LogP contribution in [0.2, 0.25) is 0 Å². The summed E-state index contributed by atoms with van der Waals surface area (Å²) in [6.07, 6.45) is -4.66. The van der Waals surface area contributed by atoms with Crippen LogP contribution >= 0.6 is 0 Å². The van der Waals surface area contributed by atoms with Crippen LogP contribution in [0.3, 0.4) is 0 Å². The summed E-state index contributed by atoms with van der Waals surface area (Å²) in [4.78, 5) is 8.14. The molecule has 0 fully saturated rings. The average Bonchev–Trinajstić information content (AvgIpc) is 3.17. The number of nitrogens with zero attached hydrogens (tertiary/aromatic N) is 4. The van der Waals surface area contributed by atoms with E-state index in [4.69, 9.17) is 4.74 Å². The van der Waals surface area contributed by atoms with Crippen molar-refractivity contribution in [3.63, 3.8) is 0 Å². The Hall–Kier alpha value is -3.93. The van der Waals surface area contributed by atoms with Gasteiger partial charge < -0.3 is 4.74 Å². The predicted octanol–water partition coefficient (Wildman–Crippen LogP) is 4.49. The molecule has 0 unspecified atom stereocenters. The van der Waals surface area contributed by atoms with Gasteiger partial charge in [-0.2, -0.15) is 23.3 Å². The molecule has 33 heavy (non-hydrogen) atoms. The van der Waals surface area contributed by atoms with E-state index in [1.54, 1.807) is 48.5 Å². The third-order valence-electron chi connectivity index (χ3n) is 4.38. The van der Waals surface area contributed by atoms with Crippen LogP contribution in [0, 0.1) is 0 Å². The highest BCUT2D eigenvalue weighted by Crippen LogP contribution is 2.32. The first-order valence-electron chi connectivity index (χ1n) is 9.43. The molecule has 0 aliphatic heterocycles.